The molecule has 0 heterocycles. The van der Waals surface area contributed by atoms with Crippen molar-refractivity contribution >= 4 is 5.91 Å². The summed E-state index contributed by atoms with van der Waals surface area (Å²) >= 11 is 0. The molecule has 0 spiro atoms. The van der Waals surface area contributed by atoms with Gasteiger partial charge in [-0.2, -0.15) is 26.3 Å². The lowest BCUT2D eigenvalue weighted by Crippen LogP contribution is -2.39. The molecule has 1 amide bonds. The number of nitrogens with one attached hydrogen (secondary N) is 1. The van der Waals surface area contributed by atoms with E-state index in [1.54, 1.807) is 0 Å². The van der Waals surface area contributed by atoms with Crippen LogP contribution in [0, 0.1) is 0 Å². The Morgan fingerprint density at radius 1 is 1.14 bits per heavy atom. The molecule has 0 aliphatic heterocycles. The van der Waals surface area contributed by atoms with Crippen molar-refractivity contribution < 1.29 is 35.9 Å². The summed E-state index contributed by atoms with van der Waals surface area (Å²) in [6, 6.07) is 1.95. The molecule has 9 heteroatoms. The molecule has 3 nitrogen and oxygen atoms in total. The van der Waals surface area contributed by atoms with Crippen LogP contribution in [0.3, 0.4) is 0 Å². The van der Waals surface area contributed by atoms with Crippen molar-refractivity contribution in [1.82, 2.24) is 5.32 Å². The molecule has 0 saturated heterocycles. The molecule has 0 aromatic heterocycles. The minimum Gasteiger partial charge on any atom is -0.497 e. The number of rotatable bonds is 4. The fraction of sp³-hybridized carbons (Fsp3) is 0.417. The van der Waals surface area contributed by atoms with E-state index < -0.39 is 30.7 Å². The van der Waals surface area contributed by atoms with Gasteiger partial charge < -0.3 is 10.1 Å². The van der Waals surface area contributed by atoms with Crippen LogP contribution >= 0.6 is 0 Å². The number of carbonyl (C=O) groups is 1. The summed E-state index contributed by atoms with van der Waals surface area (Å²) in [6.07, 6.45) is -11.8. The van der Waals surface area contributed by atoms with Crippen LogP contribution in [0.25, 0.3) is 0 Å². The van der Waals surface area contributed by atoms with Crippen molar-refractivity contribution in [2.75, 3.05) is 7.11 Å². The fourth-order valence-electron chi connectivity index (χ4n) is 1.54. The molecular weight excluding hydrogens is 304 g/mol. The highest BCUT2D eigenvalue weighted by Crippen LogP contribution is 2.34. The summed E-state index contributed by atoms with van der Waals surface area (Å²) < 4.78 is 79.3. The van der Waals surface area contributed by atoms with Gasteiger partial charge in [0.25, 0.3) is 0 Å². The highest BCUT2D eigenvalue weighted by molar-refractivity contribution is 5.77. The van der Waals surface area contributed by atoms with Crippen molar-refractivity contribution in [1.29, 1.82) is 0 Å². The van der Waals surface area contributed by atoms with Gasteiger partial charge >= 0.3 is 12.4 Å². The number of halogens is 6. The van der Waals surface area contributed by atoms with Crippen LogP contribution in [-0.2, 0) is 4.79 Å². The zero-order valence-corrected chi connectivity index (χ0v) is 10.7. The lowest BCUT2D eigenvalue weighted by molar-refractivity contribution is -0.172. The standard InChI is InChI=1S/C12H11F6NO2/c1-21-8-4-2-7(3-5-8)10(12(16,17)18)19-9(20)6-11(13,14)15/h2-5,10H,6H2,1H3,(H,19,20)/t10-/m1/s1. The number of hydrogen-bond donors (Lipinski definition) is 1. The lowest BCUT2D eigenvalue weighted by Gasteiger charge is -2.22. The Morgan fingerprint density at radius 2 is 1.67 bits per heavy atom. The number of hydrogen-bond acceptors (Lipinski definition) is 2. The number of alkyl halides is 6. The molecule has 0 unspecified atom stereocenters. The van der Waals surface area contributed by atoms with E-state index in [1.807, 2.05) is 0 Å². The Labute approximate surface area is 115 Å². The molecule has 0 aliphatic carbocycles. The highest BCUT2D eigenvalue weighted by atomic mass is 19.4. The molecule has 21 heavy (non-hydrogen) atoms. The van der Waals surface area contributed by atoms with Gasteiger partial charge in [0.15, 0.2) is 6.04 Å². The summed E-state index contributed by atoms with van der Waals surface area (Å²) in [7, 11) is 1.31. The van der Waals surface area contributed by atoms with E-state index in [2.05, 4.69) is 0 Å². The molecule has 1 aromatic carbocycles. The lowest BCUT2D eigenvalue weighted by atomic mass is 10.1. The van der Waals surface area contributed by atoms with Crippen LogP contribution in [0.5, 0.6) is 5.75 Å². The average molecular weight is 315 g/mol. The third-order valence-corrected chi connectivity index (χ3v) is 2.44. The van der Waals surface area contributed by atoms with Crippen LogP contribution < -0.4 is 10.1 Å². The minimum absolute atomic E-state index is 0.279. The van der Waals surface area contributed by atoms with Crippen molar-refractivity contribution in [2.24, 2.45) is 0 Å². The monoisotopic (exact) mass is 315 g/mol. The zero-order valence-electron chi connectivity index (χ0n) is 10.7. The molecular formula is C12H11F6NO2. The van der Waals surface area contributed by atoms with Gasteiger partial charge in [0, 0.05) is 0 Å². The molecule has 1 aromatic rings. The van der Waals surface area contributed by atoms with Crippen molar-refractivity contribution in [2.45, 2.75) is 24.8 Å². The highest BCUT2D eigenvalue weighted by Gasteiger charge is 2.43. The van der Waals surface area contributed by atoms with Crippen LogP contribution in [-0.4, -0.2) is 25.4 Å². The normalized spacial score (nSPS) is 13.7. The molecule has 0 saturated carbocycles. The van der Waals surface area contributed by atoms with Gasteiger partial charge in [-0.05, 0) is 17.7 Å². The summed E-state index contributed by atoms with van der Waals surface area (Å²) in [5.74, 6) is -1.47. The third-order valence-electron chi connectivity index (χ3n) is 2.44. The van der Waals surface area contributed by atoms with E-state index in [0.717, 1.165) is 12.1 Å². The third kappa shape index (κ3) is 5.52. The molecule has 1 atom stereocenters. The van der Waals surface area contributed by atoms with E-state index in [9.17, 15) is 31.1 Å². The van der Waals surface area contributed by atoms with E-state index in [0.29, 0.717) is 0 Å². The van der Waals surface area contributed by atoms with Gasteiger partial charge in [0.2, 0.25) is 5.91 Å². The first-order valence-electron chi connectivity index (χ1n) is 5.59. The van der Waals surface area contributed by atoms with Crippen molar-refractivity contribution in [3.8, 4) is 5.75 Å². The van der Waals surface area contributed by atoms with E-state index in [1.165, 1.54) is 24.6 Å². The quantitative estimate of drug-likeness (QED) is 0.865. The van der Waals surface area contributed by atoms with Gasteiger partial charge in [-0.15, -0.1) is 0 Å². The number of ether oxygens (including phenoxy) is 1. The Kier molecular flexibility index (Phi) is 5.08. The number of benzene rings is 1. The van der Waals surface area contributed by atoms with Crippen LogP contribution in [0.2, 0.25) is 0 Å². The predicted octanol–water partition coefficient (Wildman–Crippen LogP) is 3.37. The maximum absolute atomic E-state index is 12.9. The van der Waals surface area contributed by atoms with Gasteiger partial charge in [-0.25, -0.2) is 0 Å². The van der Waals surface area contributed by atoms with E-state index in [4.69, 9.17) is 4.74 Å². The van der Waals surface area contributed by atoms with Crippen molar-refractivity contribution in [3.05, 3.63) is 29.8 Å². The second-order valence-electron chi connectivity index (χ2n) is 4.11. The van der Waals surface area contributed by atoms with Crippen LogP contribution in [0.15, 0.2) is 24.3 Å². The Morgan fingerprint density at radius 3 is 2.05 bits per heavy atom. The van der Waals surface area contributed by atoms with Gasteiger partial charge in [-0.1, -0.05) is 12.1 Å². The minimum atomic E-state index is -4.92. The smallest absolute Gasteiger partial charge is 0.412 e. The Hall–Kier alpha value is -1.93. The molecule has 1 N–H and O–H groups in total. The molecule has 1 rings (SSSR count). The number of carbonyl (C=O) groups excluding carboxylic acids is 1. The second-order valence-corrected chi connectivity index (χ2v) is 4.11. The maximum atomic E-state index is 12.9. The largest absolute Gasteiger partial charge is 0.497 e. The summed E-state index contributed by atoms with van der Waals surface area (Å²) in [5.41, 5.74) is -0.390. The Balaban J connectivity index is 2.93. The second kappa shape index (κ2) is 6.23. The van der Waals surface area contributed by atoms with E-state index in [-0.39, 0.29) is 11.3 Å². The number of methoxy groups -OCH3 is 1. The first kappa shape index (κ1) is 17.1. The number of amides is 1. The molecule has 0 bridgehead atoms. The molecule has 0 aliphatic rings. The molecule has 0 fully saturated rings. The Bertz CT molecular complexity index is 480. The predicted molar refractivity (Wildman–Crippen MR) is 60.6 cm³/mol. The van der Waals surface area contributed by atoms with E-state index >= 15 is 0 Å². The van der Waals surface area contributed by atoms with Crippen LogP contribution in [0.1, 0.15) is 18.0 Å². The molecule has 0 radical (unpaired) electrons. The zero-order chi connectivity index (χ0) is 16.3. The van der Waals surface area contributed by atoms with Crippen LogP contribution in [0.4, 0.5) is 26.3 Å². The van der Waals surface area contributed by atoms with Gasteiger partial charge in [-0.3, -0.25) is 4.79 Å². The summed E-state index contributed by atoms with van der Waals surface area (Å²) in [6.45, 7) is 0. The van der Waals surface area contributed by atoms with Gasteiger partial charge in [0.1, 0.15) is 12.2 Å². The fourth-order valence-corrected chi connectivity index (χ4v) is 1.54. The SMILES string of the molecule is COc1ccc([C@@H](NC(=O)CC(F)(F)F)C(F)(F)F)cc1. The first-order chi connectivity index (χ1) is 9.53. The first-order valence-corrected chi connectivity index (χ1v) is 5.59. The molecule has 118 valence electrons. The maximum Gasteiger partial charge on any atom is 0.412 e. The van der Waals surface area contributed by atoms with Crippen molar-refractivity contribution in [3.63, 3.8) is 0 Å². The topological polar surface area (TPSA) is 38.3 Å². The summed E-state index contributed by atoms with van der Waals surface area (Å²) in [4.78, 5) is 11.1. The van der Waals surface area contributed by atoms with Gasteiger partial charge in [0.05, 0.1) is 7.11 Å². The average Bonchev–Trinajstić information content (AvgIpc) is 2.33. The summed E-state index contributed by atoms with van der Waals surface area (Å²) in [5, 5.41) is 1.34.